The number of imidazole rings is 1. The molecule has 0 saturated carbocycles. The van der Waals surface area contributed by atoms with E-state index >= 15 is 0 Å². The molecule has 0 bridgehead atoms. The third-order valence-corrected chi connectivity index (χ3v) is 4.13. The summed E-state index contributed by atoms with van der Waals surface area (Å²) in [5.41, 5.74) is 3.19. The monoisotopic (exact) mass is 291 g/mol. The molecule has 0 spiro atoms. The molecule has 0 amide bonds. The fourth-order valence-corrected chi connectivity index (χ4v) is 3.84. The molecule has 0 atom stereocenters. The summed E-state index contributed by atoms with van der Waals surface area (Å²) >= 11 is 0. The molecule has 120 valence electrons. The average Bonchev–Trinajstić information content (AvgIpc) is 2.64. The molecule has 0 saturated heterocycles. The zero-order chi connectivity index (χ0) is 16.1. The summed E-state index contributed by atoms with van der Waals surface area (Å²) in [6.45, 7) is 20.5. The van der Waals surface area contributed by atoms with Gasteiger partial charge in [0.2, 0.25) is 0 Å². The van der Waals surface area contributed by atoms with E-state index in [9.17, 15) is 0 Å². The topological polar surface area (TPSA) is 29.9 Å². The van der Waals surface area contributed by atoms with Gasteiger partial charge in [0.05, 0.1) is 5.69 Å². The molecular formula is C18H33N3. The zero-order valence-corrected chi connectivity index (χ0v) is 15.2. The van der Waals surface area contributed by atoms with Gasteiger partial charge >= 0.3 is 0 Å². The molecule has 1 aromatic heterocycles. The number of aromatic nitrogens is 2. The molecule has 1 aliphatic rings. The summed E-state index contributed by atoms with van der Waals surface area (Å²) in [7, 11) is 0. The second kappa shape index (κ2) is 5.12. The van der Waals surface area contributed by atoms with E-state index in [0.717, 1.165) is 25.9 Å². The number of nitrogens with one attached hydrogen (secondary N) is 1. The highest BCUT2D eigenvalue weighted by Gasteiger charge is 2.36. The first-order valence-electron chi connectivity index (χ1n) is 8.24. The van der Waals surface area contributed by atoms with E-state index in [1.54, 1.807) is 0 Å². The predicted molar refractivity (Wildman–Crippen MR) is 89.7 cm³/mol. The molecule has 2 heterocycles. The summed E-state index contributed by atoms with van der Waals surface area (Å²) in [6, 6.07) is 0. The van der Waals surface area contributed by atoms with Crippen LogP contribution in [0.3, 0.4) is 0 Å². The van der Waals surface area contributed by atoms with Gasteiger partial charge in [-0.25, -0.2) is 4.98 Å². The van der Waals surface area contributed by atoms with E-state index in [1.165, 1.54) is 17.2 Å². The smallest absolute Gasteiger partial charge is 0.115 e. The van der Waals surface area contributed by atoms with E-state index < -0.39 is 0 Å². The molecule has 0 fully saturated rings. The molecule has 2 rings (SSSR count). The van der Waals surface area contributed by atoms with Crippen LogP contribution in [0.1, 0.15) is 79.0 Å². The van der Waals surface area contributed by atoms with Gasteiger partial charge in [0.25, 0.3) is 0 Å². The van der Waals surface area contributed by atoms with E-state index in [2.05, 4.69) is 65.3 Å². The third-order valence-electron chi connectivity index (χ3n) is 4.13. The van der Waals surface area contributed by atoms with Crippen LogP contribution in [0.5, 0.6) is 0 Å². The Labute approximate surface area is 130 Å². The number of hydrogen-bond donors (Lipinski definition) is 1. The fourth-order valence-electron chi connectivity index (χ4n) is 3.84. The molecule has 0 radical (unpaired) electrons. The first kappa shape index (κ1) is 16.5. The van der Waals surface area contributed by atoms with Gasteiger partial charge in [0, 0.05) is 36.2 Å². The molecule has 1 aliphatic heterocycles. The summed E-state index contributed by atoms with van der Waals surface area (Å²) in [5, 5.41) is 3.46. The van der Waals surface area contributed by atoms with Crippen LogP contribution in [0.15, 0.2) is 0 Å². The van der Waals surface area contributed by atoms with Crippen LogP contribution >= 0.6 is 0 Å². The zero-order valence-electron chi connectivity index (χ0n) is 15.2. The van der Waals surface area contributed by atoms with E-state index in [0.29, 0.717) is 5.41 Å². The van der Waals surface area contributed by atoms with E-state index in [-0.39, 0.29) is 11.0 Å². The molecule has 21 heavy (non-hydrogen) atoms. The van der Waals surface area contributed by atoms with Crippen molar-refractivity contribution in [2.24, 2.45) is 5.41 Å². The van der Waals surface area contributed by atoms with Crippen molar-refractivity contribution in [3.8, 4) is 0 Å². The molecule has 3 nitrogen and oxygen atoms in total. The maximum absolute atomic E-state index is 5.02. The van der Waals surface area contributed by atoms with E-state index in [4.69, 9.17) is 4.98 Å². The summed E-state index contributed by atoms with van der Waals surface area (Å²) in [4.78, 5) is 5.02. The van der Waals surface area contributed by atoms with E-state index in [1.807, 2.05) is 0 Å². The van der Waals surface area contributed by atoms with Crippen molar-refractivity contribution in [1.29, 1.82) is 0 Å². The van der Waals surface area contributed by atoms with Crippen LogP contribution in [-0.2, 0) is 23.9 Å². The summed E-state index contributed by atoms with van der Waals surface area (Å²) < 4.78 is 2.56. The number of hydrogen-bond acceptors (Lipinski definition) is 2. The molecule has 1 N–H and O–H groups in total. The molecular weight excluding hydrogens is 258 g/mol. The standard InChI is InChI=1S/C18H33N3/c1-16(2,3)12-18(7,8)21-14-9-10-19-11-13(14)20-15(21)17(4,5)6/h19H,9-12H2,1-8H3. The summed E-state index contributed by atoms with van der Waals surface area (Å²) in [5.74, 6) is 1.24. The molecule has 1 aromatic rings. The Bertz CT molecular complexity index is 510. The minimum absolute atomic E-state index is 0.0759. The van der Waals surface area contributed by atoms with Crippen molar-refractivity contribution < 1.29 is 0 Å². The van der Waals surface area contributed by atoms with Crippen molar-refractivity contribution in [3.63, 3.8) is 0 Å². The highest BCUT2D eigenvalue weighted by atomic mass is 15.2. The Kier molecular flexibility index (Phi) is 4.03. The second-order valence-electron chi connectivity index (χ2n) is 9.39. The minimum Gasteiger partial charge on any atom is -0.326 e. The van der Waals surface area contributed by atoms with Crippen molar-refractivity contribution in [1.82, 2.24) is 14.9 Å². The lowest BCUT2D eigenvalue weighted by Gasteiger charge is -2.38. The van der Waals surface area contributed by atoms with Gasteiger partial charge in [-0.15, -0.1) is 0 Å². The maximum atomic E-state index is 5.02. The quantitative estimate of drug-likeness (QED) is 0.892. The van der Waals surface area contributed by atoms with Crippen molar-refractivity contribution in [3.05, 3.63) is 17.2 Å². The Hall–Kier alpha value is -0.830. The van der Waals surface area contributed by atoms with Gasteiger partial charge in [0.1, 0.15) is 5.82 Å². The first-order chi connectivity index (χ1) is 9.42. The minimum atomic E-state index is 0.0759. The molecule has 0 unspecified atom stereocenters. The third kappa shape index (κ3) is 3.50. The molecule has 3 heteroatoms. The predicted octanol–water partition coefficient (Wildman–Crippen LogP) is 4.00. The van der Waals surface area contributed by atoms with Crippen LogP contribution in [0, 0.1) is 5.41 Å². The Morgan fingerprint density at radius 2 is 1.67 bits per heavy atom. The van der Waals surface area contributed by atoms with Gasteiger partial charge in [-0.1, -0.05) is 41.5 Å². The maximum Gasteiger partial charge on any atom is 0.115 e. The molecule has 0 aromatic carbocycles. The lowest BCUT2D eigenvalue weighted by atomic mass is 9.80. The van der Waals surface area contributed by atoms with Crippen molar-refractivity contribution >= 4 is 0 Å². The fraction of sp³-hybridized carbons (Fsp3) is 0.833. The number of nitrogens with zero attached hydrogens (tertiary/aromatic N) is 2. The van der Waals surface area contributed by atoms with Crippen LogP contribution in [0.2, 0.25) is 0 Å². The van der Waals surface area contributed by atoms with Gasteiger partial charge < -0.3 is 9.88 Å². The van der Waals surface area contributed by atoms with Crippen LogP contribution in [0.4, 0.5) is 0 Å². The van der Waals surface area contributed by atoms with Gasteiger partial charge in [-0.05, 0) is 25.7 Å². The van der Waals surface area contributed by atoms with Gasteiger partial charge in [0.15, 0.2) is 0 Å². The van der Waals surface area contributed by atoms with Crippen LogP contribution < -0.4 is 5.32 Å². The Morgan fingerprint density at radius 3 is 2.19 bits per heavy atom. The first-order valence-corrected chi connectivity index (χ1v) is 8.24. The average molecular weight is 291 g/mol. The highest BCUT2D eigenvalue weighted by molar-refractivity contribution is 5.25. The Balaban J connectivity index is 2.57. The summed E-state index contributed by atoms with van der Waals surface area (Å²) in [6.07, 6.45) is 2.24. The second-order valence-corrected chi connectivity index (χ2v) is 9.39. The van der Waals surface area contributed by atoms with Crippen LogP contribution in [0.25, 0.3) is 0 Å². The Morgan fingerprint density at radius 1 is 1.05 bits per heavy atom. The highest BCUT2D eigenvalue weighted by Crippen LogP contribution is 2.38. The normalized spacial score (nSPS) is 17.0. The lowest BCUT2D eigenvalue weighted by molar-refractivity contribution is 0.199. The van der Waals surface area contributed by atoms with Gasteiger partial charge in [-0.3, -0.25) is 0 Å². The number of rotatable bonds is 2. The van der Waals surface area contributed by atoms with Gasteiger partial charge in [-0.2, -0.15) is 0 Å². The SMILES string of the molecule is CC(C)(C)CC(C)(C)n1c(C(C)(C)C)nc2c1CCNC2. The van der Waals surface area contributed by atoms with Crippen molar-refractivity contribution in [2.75, 3.05) is 6.54 Å². The van der Waals surface area contributed by atoms with Crippen molar-refractivity contribution in [2.45, 2.75) is 85.7 Å². The lowest BCUT2D eigenvalue weighted by Crippen LogP contribution is -2.38. The van der Waals surface area contributed by atoms with Crippen LogP contribution in [-0.4, -0.2) is 16.1 Å². The largest absolute Gasteiger partial charge is 0.326 e. The number of fused-ring (bicyclic) bond motifs is 1. The molecule has 0 aliphatic carbocycles.